The Bertz CT molecular complexity index is 491. The van der Waals surface area contributed by atoms with Gasteiger partial charge in [-0.2, -0.15) is 0 Å². The smallest absolute Gasteiger partial charge is 0.227 e. The maximum Gasteiger partial charge on any atom is 0.227 e. The van der Waals surface area contributed by atoms with E-state index in [0.717, 1.165) is 0 Å². The lowest BCUT2D eigenvalue weighted by molar-refractivity contribution is -0.121. The van der Waals surface area contributed by atoms with E-state index in [2.05, 4.69) is 5.32 Å². The van der Waals surface area contributed by atoms with Gasteiger partial charge < -0.3 is 10.6 Å². The first-order valence-electron chi connectivity index (χ1n) is 5.76. The zero-order valence-electron chi connectivity index (χ0n) is 10.1. The Labute approximate surface area is 107 Å². The van der Waals surface area contributed by atoms with Crippen LogP contribution in [0.25, 0.3) is 0 Å². The third-order valence-electron chi connectivity index (χ3n) is 3.29. The number of carbonyl (C=O) groups is 1. The van der Waals surface area contributed by atoms with Crippen LogP contribution in [0.4, 0.5) is 23.2 Å². The third kappa shape index (κ3) is 2.56. The van der Waals surface area contributed by atoms with Crippen LogP contribution < -0.4 is 10.6 Å². The van der Waals surface area contributed by atoms with Crippen molar-refractivity contribution in [1.29, 1.82) is 0 Å². The summed E-state index contributed by atoms with van der Waals surface area (Å²) in [4.78, 5) is 11.8. The van der Waals surface area contributed by atoms with Crippen molar-refractivity contribution in [2.45, 2.75) is 6.92 Å². The van der Waals surface area contributed by atoms with Crippen LogP contribution in [0.1, 0.15) is 6.92 Å². The molecule has 1 aromatic rings. The number of halogens is 4. The number of hydrogen-bond donors (Lipinski definition) is 2. The molecular formula is C12H12F4N2O. The molecule has 0 aliphatic carbocycles. The molecule has 0 spiro atoms. The number of rotatable bonds is 3. The Hall–Kier alpha value is -1.63. The van der Waals surface area contributed by atoms with Gasteiger partial charge >= 0.3 is 0 Å². The zero-order chi connectivity index (χ0) is 14.2. The fourth-order valence-electron chi connectivity index (χ4n) is 1.80. The van der Waals surface area contributed by atoms with Crippen molar-refractivity contribution in [3.05, 3.63) is 29.3 Å². The second kappa shape index (κ2) is 5.16. The molecule has 7 heteroatoms. The van der Waals surface area contributed by atoms with Gasteiger partial charge in [0.2, 0.25) is 5.91 Å². The molecule has 1 aromatic carbocycles. The second-order valence-electron chi connectivity index (χ2n) is 4.54. The number of amides is 1. The maximum absolute atomic E-state index is 13.4. The van der Waals surface area contributed by atoms with E-state index in [-0.39, 0.29) is 12.0 Å². The van der Waals surface area contributed by atoms with E-state index in [1.807, 2.05) is 5.32 Å². The standard InChI is InChI=1S/C12H12F4N2O/c1-5(6-3-17-4-6)12(19)18-11-9(15)7(13)2-8(14)10(11)16/h2,5-6,17H,3-4H2,1H3,(H,18,19). The average molecular weight is 276 g/mol. The molecular weight excluding hydrogens is 264 g/mol. The van der Waals surface area contributed by atoms with Crippen LogP contribution in [0.3, 0.4) is 0 Å². The maximum atomic E-state index is 13.4. The van der Waals surface area contributed by atoms with E-state index >= 15 is 0 Å². The highest BCUT2D eigenvalue weighted by Crippen LogP contribution is 2.26. The Balaban J connectivity index is 2.20. The van der Waals surface area contributed by atoms with Gasteiger partial charge in [-0.3, -0.25) is 4.79 Å². The summed E-state index contributed by atoms with van der Waals surface area (Å²) < 4.78 is 52.6. The molecule has 0 saturated carbocycles. The molecule has 0 bridgehead atoms. The molecule has 1 aliphatic rings. The van der Waals surface area contributed by atoms with Gasteiger partial charge in [-0.15, -0.1) is 0 Å². The predicted octanol–water partition coefficient (Wildman–Crippen LogP) is 2.04. The van der Waals surface area contributed by atoms with Crippen molar-refractivity contribution in [3.63, 3.8) is 0 Å². The Morgan fingerprint density at radius 3 is 2.21 bits per heavy atom. The molecule has 2 N–H and O–H groups in total. The molecule has 1 saturated heterocycles. The highest BCUT2D eigenvalue weighted by molar-refractivity contribution is 5.92. The highest BCUT2D eigenvalue weighted by atomic mass is 19.2. The normalized spacial score (nSPS) is 16.9. The molecule has 1 unspecified atom stereocenters. The van der Waals surface area contributed by atoms with E-state index in [0.29, 0.717) is 13.1 Å². The minimum atomic E-state index is -1.61. The third-order valence-corrected chi connectivity index (χ3v) is 3.29. The van der Waals surface area contributed by atoms with Crippen LogP contribution in [0.15, 0.2) is 6.07 Å². The first-order chi connectivity index (χ1) is 8.91. The van der Waals surface area contributed by atoms with Crippen molar-refractivity contribution >= 4 is 11.6 Å². The predicted molar refractivity (Wildman–Crippen MR) is 60.4 cm³/mol. The summed E-state index contributed by atoms with van der Waals surface area (Å²) in [6.07, 6.45) is 0. The van der Waals surface area contributed by atoms with E-state index in [1.165, 1.54) is 0 Å². The van der Waals surface area contributed by atoms with E-state index < -0.39 is 40.8 Å². The van der Waals surface area contributed by atoms with Gasteiger partial charge in [0.1, 0.15) is 5.69 Å². The molecule has 19 heavy (non-hydrogen) atoms. The summed E-state index contributed by atoms with van der Waals surface area (Å²) in [6, 6.07) is 0.0968. The molecule has 2 rings (SSSR count). The fourth-order valence-corrected chi connectivity index (χ4v) is 1.80. The summed E-state index contributed by atoms with van der Waals surface area (Å²) in [5.74, 6) is -7.44. The van der Waals surface area contributed by atoms with Gasteiger partial charge in [0.15, 0.2) is 23.3 Å². The largest absolute Gasteiger partial charge is 0.321 e. The number of anilines is 1. The highest BCUT2D eigenvalue weighted by Gasteiger charge is 2.30. The SMILES string of the molecule is CC(C(=O)Nc1c(F)c(F)cc(F)c1F)C1CNC1. The molecule has 1 atom stereocenters. The molecule has 1 fully saturated rings. The number of hydrogen-bond acceptors (Lipinski definition) is 2. The monoisotopic (exact) mass is 276 g/mol. The van der Waals surface area contributed by atoms with Crippen LogP contribution in [0, 0.1) is 35.1 Å². The molecule has 0 radical (unpaired) electrons. The van der Waals surface area contributed by atoms with Crippen LogP contribution in [-0.4, -0.2) is 19.0 Å². The average Bonchev–Trinajstić information content (AvgIpc) is 2.29. The summed E-state index contributed by atoms with van der Waals surface area (Å²) >= 11 is 0. The lowest BCUT2D eigenvalue weighted by Gasteiger charge is -2.31. The van der Waals surface area contributed by atoms with Crippen molar-refractivity contribution in [2.24, 2.45) is 11.8 Å². The number of nitrogens with one attached hydrogen (secondary N) is 2. The van der Waals surface area contributed by atoms with Gasteiger partial charge in [0, 0.05) is 12.0 Å². The van der Waals surface area contributed by atoms with Crippen LogP contribution in [-0.2, 0) is 4.79 Å². The lowest BCUT2D eigenvalue weighted by Crippen LogP contribution is -2.48. The number of carbonyl (C=O) groups excluding carboxylic acids is 1. The van der Waals surface area contributed by atoms with E-state index in [9.17, 15) is 22.4 Å². The van der Waals surface area contributed by atoms with Crippen molar-refractivity contribution < 1.29 is 22.4 Å². The molecule has 3 nitrogen and oxygen atoms in total. The summed E-state index contributed by atoms with van der Waals surface area (Å²) in [5.41, 5.74) is -1.08. The number of benzene rings is 1. The van der Waals surface area contributed by atoms with Crippen molar-refractivity contribution in [3.8, 4) is 0 Å². The summed E-state index contributed by atoms with van der Waals surface area (Å²) in [7, 11) is 0. The van der Waals surface area contributed by atoms with E-state index in [1.54, 1.807) is 6.92 Å². The Morgan fingerprint density at radius 1 is 1.26 bits per heavy atom. The quantitative estimate of drug-likeness (QED) is 0.655. The lowest BCUT2D eigenvalue weighted by atomic mass is 9.88. The van der Waals surface area contributed by atoms with Crippen LogP contribution in [0.2, 0.25) is 0 Å². The van der Waals surface area contributed by atoms with E-state index in [4.69, 9.17) is 0 Å². The van der Waals surface area contributed by atoms with Crippen molar-refractivity contribution in [1.82, 2.24) is 5.32 Å². The van der Waals surface area contributed by atoms with Gasteiger partial charge in [-0.25, -0.2) is 17.6 Å². The fraction of sp³-hybridized carbons (Fsp3) is 0.417. The summed E-state index contributed by atoms with van der Waals surface area (Å²) in [5, 5.41) is 4.87. The van der Waals surface area contributed by atoms with Crippen LogP contribution in [0.5, 0.6) is 0 Å². The Kier molecular flexibility index (Phi) is 3.75. The Morgan fingerprint density at radius 2 is 1.79 bits per heavy atom. The molecule has 1 aliphatic heterocycles. The van der Waals surface area contributed by atoms with Crippen molar-refractivity contribution in [2.75, 3.05) is 18.4 Å². The zero-order valence-corrected chi connectivity index (χ0v) is 10.1. The topological polar surface area (TPSA) is 41.1 Å². The minimum Gasteiger partial charge on any atom is -0.321 e. The molecule has 1 heterocycles. The minimum absolute atomic E-state index is 0.0459. The molecule has 104 valence electrons. The van der Waals surface area contributed by atoms with Gasteiger partial charge in [0.05, 0.1) is 0 Å². The van der Waals surface area contributed by atoms with Gasteiger partial charge in [-0.05, 0) is 19.0 Å². The first kappa shape index (κ1) is 13.8. The van der Waals surface area contributed by atoms with Gasteiger partial charge in [-0.1, -0.05) is 6.92 Å². The first-order valence-corrected chi connectivity index (χ1v) is 5.76. The molecule has 1 amide bonds. The molecule has 0 aromatic heterocycles. The second-order valence-corrected chi connectivity index (χ2v) is 4.54. The van der Waals surface area contributed by atoms with Crippen LogP contribution >= 0.6 is 0 Å². The van der Waals surface area contributed by atoms with Gasteiger partial charge in [0.25, 0.3) is 0 Å². The summed E-state index contributed by atoms with van der Waals surface area (Å²) in [6.45, 7) is 2.83.